The predicted molar refractivity (Wildman–Crippen MR) is 127 cm³/mol. The maximum atomic E-state index is 14.8. The third-order valence-electron chi connectivity index (χ3n) is 6.31. The van der Waals surface area contributed by atoms with E-state index >= 15 is 0 Å². The molecule has 4 nitrogen and oxygen atoms in total. The molecule has 1 heterocycles. The van der Waals surface area contributed by atoms with Crippen LogP contribution in [0.2, 0.25) is 0 Å². The van der Waals surface area contributed by atoms with E-state index in [-0.39, 0.29) is 30.2 Å². The van der Waals surface area contributed by atoms with Crippen molar-refractivity contribution in [3.8, 4) is 16.9 Å². The van der Waals surface area contributed by atoms with Gasteiger partial charge in [0.2, 0.25) is 0 Å². The number of halogens is 11. The largest absolute Gasteiger partial charge is 0.527 e. The summed E-state index contributed by atoms with van der Waals surface area (Å²) in [6.07, 6.45) is -14.6. The van der Waals surface area contributed by atoms with Gasteiger partial charge in [0.05, 0.1) is 24.3 Å². The Balaban J connectivity index is 1.53. The Kier molecular flexibility index (Phi) is 9.28. The van der Waals surface area contributed by atoms with Gasteiger partial charge in [-0.15, -0.1) is 13.2 Å². The number of hydrogen-bond donors (Lipinski definition) is 0. The van der Waals surface area contributed by atoms with E-state index in [0.717, 1.165) is 25.0 Å². The Morgan fingerprint density at radius 2 is 1.28 bits per heavy atom. The van der Waals surface area contributed by atoms with Crippen LogP contribution in [0.15, 0.2) is 48.5 Å². The maximum absolute atomic E-state index is 14.8. The molecule has 0 aromatic heterocycles. The summed E-state index contributed by atoms with van der Waals surface area (Å²) in [6.45, 7) is 2.87. The molecule has 0 unspecified atom stereocenters. The number of rotatable bonds is 9. The van der Waals surface area contributed by atoms with Gasteiger partial charge >= 0.3 is 18.6 Å². The first-order chi connectivity index (χ1) is 20.0. The van der Waals surface area contributed by atoms with Crippen LogP contribution < -0.4 is 4.74 Å². The summed E-state index contributed by atoms with van der Waals surface area (Å²) in [5.41, 5.74) is -5.09. The third kappa shape index (κ3) is 7.57. The highest BCUT2D eigenvalue weighted by molar-refractivity contribution is 5.66. The van der Waals surface area contributed by atoms with E-state index in [1.807, 2.05) is 6.92 Å². The van der Waals surface area contributed by atoms with E-state index in [4.69, 9.17) is 9.47 Å². The lowest BCUT2D eigenvalue weighted by Gasteiger charge is -2.29. The predicted octanol–water partition coefficient (Wildman–Crippen LogP) is 9.09. The van der Waals surface area contributed by atoms with Crippen LogP contribution in [0.25, 0.3) is 11.1 Å². The smallest absolute Gasteiger partial charge is 0.429 e. The molecule has 3 aromatic rings. The standard InChI is InChI=1S/C28H21F11O4/c1-2-3-14-12-40-25(41-13-14)15-4-6-17(7-5-15)26(33,34)42-18-10-19(29)23(20(30)11-18)16-8-21(31)24(22(32)9-16)27(35,36)43-28(37,38)39/h4-11,14,25H,2-3,12-13H2,1H3. The fraction of sp³-hybridized carbons (Fsp3) is 0.357. The number of benzene rings is 3. The third-order valence-corrected chi connectivity index (χ3v) is 6.31. The zero-order chi connectivity index (χ0) is 31.7. The van der Waals surface area contributed by atoms with E-state index in [2.05, 4.69) is 9.47 Å². The van der Waals surface area contributed by atoms with Crippen LogP contribution >= 0.6 is 0 Å². The van der Waals surface area contributed by atoms with Crippen molar-refractivity contribution in [2.24, 2.45) is 5.92 Å². The topological polar surface area (TPSA) is 36.9 Å². The molecule has 0 saturated carbocycles. The quantitative estimate of drug-likeness (QED) is 0.221. The molecule has 1 aliphatic rings. The molecular weight excluding hydrogens is 609 g/mol. The summed E-state index contributed by atoms with van der Waals surface area (Å²) >= 11 is 0. The molecule has 0 spiro atoms. The molecule has 0 bridgehead atoms. The molecule has 1 aliphatic heterocycles. The second-order valence-electron chi connectivity index (χ2n) is 9.54. The molecule has 1 fully saturated rings. The maximum Gasteiger partial charge on any atom is 0.527 e. The Morgan fingerprint density at radius 3 is 1.77 bits per heavy atom. The van der Waals surface area contributed by atoms with Gasteiger partial charge in [-0.2, -0.15) is 17.6 Å². The van der Waals surface area contributed by atoms with Gasteiger partial charge in [-0.3, -0.25) is 0 Å². The van der Waals surface area contributed by atoms with Crippen LogP contribution in [0.5, 0.6) is 5.75 Å². The highest BCUT2D eigenvalue weighted by Gasteiger charge is 2.49. The first kappa shape index (κ1) is 32.5. The number of ether oxygens (including phenoxy) is 4. The summed E-state index contributed by atoms with van der Waals surface area (Å²) in [6, 6.07) is 4.86. The normalized spacial score (nSPS) is 18.1. The zero-order valence-electron chi connectivity index (χ0n) is 21.9. The molecule has 0 aliphatic carbocycles. The number of hydrogen-bond acceptors (Lipinski definition) is 4. The first-order valence-electron chi connectivity index (χ1n) is 12.5. The molecule has 1 saturated heterocycles. The van der Waals surface area contributed by atoms with E-state index in [1.165, 1.54) is 12.1 Å². The van der Waals surface area contributed by atoms with Crippen molar-refractivity contribution in [1.82, 2.24) is 0 Å². The molecular formula is C28H21F11O4. The average Bonchev–Trinajstić information content (AvgIpc) is 2.87. The summed E-state index contributed by atoms with van der Waals surface area (Å²) in [5, 5.41) is 0. The van der Waals surface area contributed by atoms with Gasteiger partial charge in [-0.05, 0) is 36.2 Å². The van der Waals surface area contributed by atoms with Crippen molar-refractivity contribution in [1.29, 1.82) is 0 Å². The zero-order valence-corrected chi connectivity index (χ0v) is 21.9. The van der Waals surface area contributed by atoms with Crippen molar-refractivity contribution in [2.75, 3.05) is 13.2 Å². The second kappa shape index (κ2) is 12.3. The molecule has 234 valence electrons. The summed E-state index contributed by atoms with van der Waals surface area (Å²) in [5.74, 6) is -8.92. The van der Waals surface area contributed by atoms with Crippen molar-refractivity contribution >= 4 is 0 Å². The van der Waals surface area contributed by atoms with E-state index in [9.17, 15) is 48.3 Å². The van der Waals surface area contributed by atoms with Crippen LogP contribution in [0.3, 0.4) is 0 Å². The minimum atomic E-state index is -5.99. The molecule has 0 N–H and O–H groups in total. The molecule has 43 heavy (non-hydrogen) atoms. The fourth-order valence-electron chi connectivity index (χ4n) is 4.43. The molecule has 0 radical (unpaired) electrons. The molecule has 0 amide bonds. The summed E-state index contributed by atoms with van der Waals surface area (Å²) < 4.78 is 170. The minimum absolute atomic E-state index is 0.0755. The molecule has 3 aromatic carbocycles. The van der Waals surface area contributed by atoms with Gasteiger partial charge < -0.3 is 14.2 Å². The highest BCUT2D eigenvalue weighted by Crippen LogP contribution is 2.42. The van der Waals surface area contributed by atoms with Gasteiger partial charge in [-0.25, -0.2) is 22.3 Å². The highest BCUT2D eigenvalue weighted by atomic mass is 19.4. The Hall–Kier alpha value is -3.43. The van der Waals surface area contributed by atoms with Crippen LogP contribution in [0.4, 0.5) is 48.3 Å². The first-order valence-corrected chi connectivity index (χ1v) is 12.5. The molecule has 4 rings (SSSR count). The van der Waals surface area contributed by atoms with Gasteiger partial charge in [0.15, 0.2) is 6.29 Å². The Bertz CT molecular complexity index is 1390. The lowest BCUT2D eigenvalue weighted by molar-refractivity contribution is -0.432. The van der Waals surface area contributed by atoms with Crippen molar-refractivity contribution in [2.45, 2.75) is 44.6 Å². The monoisotopic (exact) mass is 630 g/mol. The lowest BCUT2D eigenvalue weighted by atomic mass is 10.0. The lowest BCUT2D eigenvalue weighted by Crippen LogP contribution is -2.29. The SMILES string of the molecule is CCCC1COC(c2ccc(C(F)(F)Oc3cc(F)c(-c4cc(F)c(C(F)(F)OC(F)(F)F)c(F)c4)c(F)c3)cc2)OC1. The molecule has 15 heteroatoms. The average molecular weight is 630 g/mol. The van der Waals surface area contributed by atoms with Crippen LogP contribution in [0, 0.1) is 29.2 Å². The second-order valence-corrected chi connectivity index (χ2v) is 9.54. The van der Waals surface area contributed by atoms with Gasteiger partial charge in [0.25, 0.3) is 0 Å². The Labute approximate surface area is 236 Å². The van der Waals surface area contributed by atoms with E-state index in [1.54, 1.807) is 0 Å². The van der Waals surface area contributed by atoms with Gasteiger partial charge in [0.1, 0.15) is 34.6 Å². The number of alkyl halides is 7. The van der Waals surface area contributed by atoms with Crippen molar-refractivity contribution < 1.29 is 67.2 Å². The van der Waals surface area contributed by atoms with Crippen molar-refractivity contribution in [3.63, 3.8) is 0 Å². The van der Waals surface area contributed by atoms with E-state index < -0.39 is 76.1 Å². The molecule has 0 atom stereocenters. The van der Waals surface area contributed by atoms with E-state index in [0.29, 0.717) is 18.8 Å². The Morgan fingerprint density at radius 1 is 0.744 bits per heavy atom. The van der Waals surface area contributed by atoms with Crippen LogP contribution in [0.1, 0.15) is 42.7 Å². The van der Waals surface area contributed by atoms with Crippen LogP contribution in [-0.4, -0.2) is 19.6 Å². The fourth-order valence-corrected chi connectivity index (χ4v) is 4.43. The summed E-state index contributed by atoms with van der Waals surface area (Å²) in [4.78, 5) is 0. The van der Waals surface area contributed by atoms with Crippen molar-refractivity contribution in [3.05, 3.63) is 88.5 Å². The van der Waals surface area contributed by atoms with Gasteiger partial charge in [0, 0.05) is 23.6 Å². The van der Waals surface area contributed by atoms with Gasteiger partial charge in [-0.1, -0.05) is 25.5 Å². The summed E-state index contributed by atoms with van der Waals surface area (Å²) in [7, 11) is 0. The minimum Gasteiger partial charge on any atom is -0.429 e. The van der Waals surface area contributed by atoms with Crippen LogP contribution in [-0.2, 0) is 26.4 Å².